The minimum absolute atomic E-state index is 0.0958. The van der Waals surface area contributed by atoms with Gasteiger partial charge in [0.15, 0.2) is 11.6 Å². The average Bonchev–Trinajstić information content (AvgIpc) is 3.48. The lowest BCUT2D eigenvalue weighted by Gasteiger charge is -2.33. The molecule has 2 N–H and O–H groups in total. The molecule has 174 valence electrons. The highest BCUT2D eigenvalue weighted by Gasteiger charge is 2.29. The minimum Gasteiger partial charge on any atom is -0.347 e. The van der Waals surface area contributed by atoms with Crippen LogP contribution in [0.4, 0.5) is 8.78 Å². The van der Waals surface area contributed by atoms with Crippen molar-refractivity contribution in [1.29, 1.82) is 0 Å². The molecule has 2 atom stereocenters. The number of piperidine rings is 1. The second kappa shape index (κ2) is 9.48. The molecule has 2 aromatic carbocycles. The maximum atomic E-state index is 13.8. The Morgan fingerprint density at radius 2 is 1.94 bits per heavy atom. The van der Waals surface area contributed by atoms with Crippen LogP contribution in [0.15, 0.2) is 66.9 Å². The highest BCUT2D eigenvalue weighted by Crippen LogP contribution is 2.36. The van der Waals surface area contributed by atoms with Crippen LogP contribution >= 0.6 is 11.3 Å². The van der Waals surface area contributed by atoms with Gasteiger partial charge in [-0.15, -0.1) is 11.3 Å². The number of aromatic nitrogens is 2. The molecule has 1 amide bonds. The smallest absolute Gasteiger partial charge is 0.261 e. The van der Waals surface area contributed by atoms with E-state index in [1.54, 1.807) is 6.07 Å². The van der Waals surface area contributed by atoms with E-state index in [4.69, 9.17) is 0 Å². The number of benzene rings is 2. The molecule has 1 saturated heterocycles. The van der Waals surface area contributed by atoms with Crippen LogP contribution in [-0.2, 0) is 7.05 Å². The topological polar surface area (TPSA) is 59.0 Å². The zero-order valence-corrected chi connectivity index (χ0v) is 19.4. The number of rotatable bonds is 5. The third-order valence-electron chi connectivity index (χ3n) is 6.26. The summed E-state index contributed by atoms with van der Waals surface area (Å²) in [5.74, 6) is -2.01. The molecule has 3 heterocycles. The van der Waals surface area contributed by atoms with Gasteiger partial charge in [0.2, 0.25) is 0 Å². The number of halogens is 2. The van der Waals surface area contributed by atoms with Crippen LogP contribution in [0.1, 0.15) is 27.6 Å². The summed E-state index contributed by atoms with van der Waals surface area (Å²) < 4.78 is 29.1. The summed E-state index contributed by atoms with van der Waals surface area (Å²) >= 11 is 1.41. The first-order chi connectivity index (χ1) is 16.5. The summed E-state index contributed by atoms with van der Waals surface area (Å²) in [5.41, 5.74) is 3.72. The zero-order valence-electron chi connectivity index (χ0n) is 18.6. The Balaban J connectivity index is 1.37. The number of nitrogens with one attached hydrogen (secondary N) is 2. The Morgan fingerprint density at radius 1 is 1.12 bits per heavy atom. The lowest BCUT2D eigenvalue weighted by Crippen LogP contribution is -2.49. The molecule has 4 aromatic rings. The molecule has 0 spiro atoms. The van der Waals surface area contributed by atoms with Gasteiger partial charge in [0.05, 0.1) is 21.6 Å². The molecule has 5 rings (SSSR count). The number of hydrogen-bond acceptors (Lipinski definition) is 4. The van der Waals surface area contributed by atoms with Crippen LogP contribution in [0, 0.1) is 11.6 Å². The third-order valence-corrected chi connectivity index (χ3v) is 7.35. The third kappa shape index (κ3) is 4.38. The Bertz CT molecular complexity index is 1320. The van der Waals surface area contributed by atoms with E-state index in [-0.39, 0.29) is 17.9 Å². The van der Waals surface area contributed by atoms with Gasteiger partial charge in [-0.3, -0.25) is 9.48 Å². The number of amides is 1. The maximum Gasteiger partial charge on any atom is 0.261 e. The van der Waals surface area contributed by atoms with Crippen LogP contribution in [0.25, 0.3) is 21.7 Å². The Kier molecular flexibility index (Phi) is 6.26. The first-order valence-electron chi connectivity index (χ1n) is 11.2. The molecule has 0 saturated carbocycles. The first kappa shape index (κ1) is 22.4. The number of carbonyl (C=O) groups is 1. The van der Waals surface area contributed by atoms with Crippen LogP contribution < -0.4 is 10.6 Å². The predicted octanol–water partition coefficient (Wildman–Crippen LogP) is 4.97. The van der Waals surface area contributed by atoms with Crippen molar-refractivity contribution in [1.82, 2.24) is 20.4 Å². The summed E-state index contributed by atoms with van der Waals surface area (Å²) in [6.45, 7) is 1.31. The monoisotopic (exact) mass is 478 g/mol. The van der Waals surface area contributed by atoms with Gasteiger partial charge in [-0.05, 0) is 48.4 Å². The fourth-order valence-corrected chi connectivity index (χ4v) is 5.54. The lowest BCUT2D eigenvalue weighted by molar-refractivity contribution is 0.0928. The van der Waals surface area contributed by atoms with Crippen molar-refractivity contribution in [2.24, 2.45) is 7.05 Å². The van der Waals surface area contributed by atoms with Crippen LogP contribution in [0.5, 0.6) is 0 Å². The van der Waals surface area contributed by atoms with Gasteiger partial charge < -0.3 is 10.6 Å². The van der Waals surface area contributed by atoms with Gasteiger partial charge >= 0.3 is 0 Å². The van der Waals surface area contributed by atoms with E-state index in [2.05, 4.69) is 15.7 Å². The minimum atomic E-state index is -0.866. The van der Waals surface area contributed by atoms with Crippen molar-refractivity contribution in [3.63, 3.8) is 0 Å². The number of hydrogen-bond donors (Lipinski definition) is 2. The summed E-state index contributed by atoms with van der Waals surface area (Å²) in [7, 11) is 1.89. The lowest BCUT2D eigenvalue weighted by atomic mass is 9.86. The van der Waals surface area contributed by atoms with E-state index in [9.17, 15) is 13.6 Å². The first-order valence-corrected chi connectivity index (χ1v) is 12.0. The highest BCUT2D eigenvalue weighted by atomic mass is 32.1. The number of aryl methyl sites for hydroxylation is 1. The second-order valence-electron chi connectivity index (χ2n) is 8.41. The summed E-state index contributed by atoms with van der Waals surface area (Å²) in [4.78, 5) is 14.7. The van der Waals surface area contributed by atoms with E-state index in [0.717, 1.165) is 40.7 Å². The summed E-state index contributed by atoms with van der Waals surface area (Å²) in [6, 6.07) is 17.5. The number of carbonyl (C=O) groups excluding carboxylic acids is 1. The number of nitrogens with zero attached hydrogens (tertiary/aromatic N) is 2. The molecule has 0 radical (unpaired) electrons. The molecule has 0 unspecified atom stereocenters. The Hall–Kier alpha value is -3.36. The van der Waals surface area contributed by atoms with E-state index in [1.807, 2.05) is 60.4 Å². The molecule has 0 bridgehead atoms. The van der Waals surface area contributed by atoms with Gasteiger partial charge in [-0.1, -0.05) is 36.4 Å². The van der Waals surface area contributed by atoms with E-state index in [0.29, 0.717) is 17.0 Å². The van der Waals surface area contributed by atoms with Crippen molar-refractivity contribution in [2.75, 3.05) is 13.1 Å². The van der Waals surface area contributed by atoms with Gasteiger partial charge in [0.25, 0.3) is 5.91 Å². The normalized spacial score (nSPS) is 18.1. The molecule has 5 nitrogen and oxygen atoms in total. The van der Waals surface area contributed by atoms with Crippen LogP contribution in [0.2, 0.25) is 0 Å². The van der Waals surface area contributed by atoms with E-state index in [1.165, 1.54) is 17.4 Å². The van der Waals surface area contributed by atoms with Crippen molar-refractivity contribution < 1.29 is 13.6 Å². The molecular formula is C26H24F2N4OS. The molecule has 1 aliphatic rings. The highest BCUT2D eigenvalue weighted by molar-refractivity contribution is 7.17. The van der Waals surface area contributed by atoms with Gasteiger partial charge in [-0.25, -0.2) is 8.78 Å². The van der Waals surface area contributed by atoms with Gasteiger partial charge in [0.1, 0.15) is 0 Å². The number of thiophene rings is 1. The van der Waals surface area contributed by atoms with Gasteiger partial charge in [-0.2, -0.15) is 5.10 Å². The van der Waals surface area contributed by atoms with Crippen molar-refractivity contribution in [3.8, 4) is 21.7 Å². The largest absolute Gasteiger partial charge is 0.347 e. The average molecular weight is 479 g/mol. The maximum absolute atomic E-state index is 13.8. The van der Waals surface area contributed by atoms with Crippen LogP contribution in [0.3, 0.4) is 0 Å². The predicted molar refractivity (Wildman–Crippen MR) is 130 cm³/mol. The summed E-state index contributed by atoms with van der Waals surface area (Å²) in [6.07, 6.45) is 2.56. The fourth-order valence-electron chi connectivity index (χ4n) is 4.54. The quantitative estimate of drug-likeness (QED) is 0.426. The fraction of sp³-hybridized carbons (Fsp3) is 0.231. The molecule has 1 aliphatic heterocycles. The van der Waals surface area contributed by atoms with E-state index >= 15 is 0 Å². The Labute approximate surface area is 200 Å². The summed E-state index contributed by atoms with van der Waals surface area (Å²) in [5, 5.41) is 10.8. The van der Waals surface area contributed by atoms with Crippen LogP contribution in [-0.4, -0.2) is 34.8 Å². The van der Waals surface area contributed by atoms with Crippen molar-refractivity contribution in [2.45, 2.75) is 18.4 Å². The molecule has 1 fully saturated rings. The second-order valence-corrected chi connectivity index (χ2v) is 9.50. The molecule has 34 heavy (non-hydrogen) atoms. The van der Waals surface area contributed by atoms with E-state index < -0.39 is 11.6 Å². The molecule has 2 aromatic heterocycles. The SMILES string of the molecule is Cn1ncc(-c2ccccc2)c1-c1ccc(C(=O)N[C@@H]2CNCC[C@H]2c2ccc(F)c(F)c2)s1. The molecule has 8 heteroatoms. The molecular weight excluding hydrogens is 454 g/mol. The standard InChI is InChI=1S/C26H24F2N4OS/c1-32-25(19(14-30-32)16-5-3-2-4-6-16)23-9-10-24(34-23)26(33)31-22-15-29-12-11-18(22)17-7-8-20(27)21(28)13-17/h2-10,13-14,18,22,29H,11-12,15H2,1H3,(H,31,33)/t18-,22+/m0/s1. The zero-order chi connectivity index (χ0) is 23.7. The Morgan fingerprint density at radius 3 is 2.74 bits per heavy atom. The van der Waals surface area contributed by atoms with Crippen molar-refractivity contribution in [3.05, 3.63) is 88.9 Å². The van der Waals surface area contributed by atoms with Gasteiger partial charge in [0, 0.05) is 31.1 Å². The van der Waals surface area contributed by atoms with Crippen molar-refractivity contribution >= 4 is 17.2 Å². The molecule has 0 aliphatic carbocycles.